The number of aromatic nitrogens is 2. The van der Waals surface area contributed by atoms with Gasteiger partial charge in [0.2, 0.25) is 0 Å². The predicted molar refractivity (Wildman–Crippen MR) is 98.7 cm³/mol. The van der Waals surface area contributed by atoms with Crippen molar-refractivity contribution in [3.05, 3.63) is 71.5 Å². The second kappa shape index (κ2) is 6.17. The Balaban J connectivity index is 1.63. The van der Waals surface area contributed by atoms with E-state index in [4.69, 9.17) is 16.3 Å². The molecule has 0 bridgehead atoms. The SMILES string of the molecule is CCn1c(COc2ccc3ccccc3c2)nc2ccc(Cl)cc21. The van der Waals surface area contributed by atoms with Gasteiger partial charge in [-0.05, 0) is 48.0 Å². The average molecular weight is 337 g/mol. The molecule has 0 saturated heterocycles. The summed E-state index contributed by atoms with van der Waals surface area (Å²) < 4.78 is 8.13. The minimum Gasteiger partial charge on any atom is -0.486 e. The van der Waals surface area contributed by atoms with Gasteiger partial charge in [-0.1, -0.05) is 41.9 Å². The van der Waals surface area contributed by atoms with Gasteiger partial charge in [0.15, 0.2) is 0 Å². The Kier molecular flexibility index (Phi) is 3.87. The van der Waals surface area contributed by atoms with Gasteiger partial charge in [0, 0.05) is 11.6 Å². The van der Waals surface area contributed by atoms with Crippen molar-refractivity contribution in [2.75, 3.05) is 0 Å². The van der Waals surface area contributed by atoms with E-state index >= 15 is 0 Å². The van der Waals surface area contributed by atoms with Crippen LogP contribution < -0.4 is 4.74 Å². The first-order valence-corrected chi connectivity index (χ1v) is 8.38. The van der Waals surface area contributed by atoms with Crippen LogP contribution in [-0.2, 0) is 13.2 Å². The molecule has 0 atom stereocenters. The Morgan fingerprint density at radius 3 is 2.67 bits per heavy atom. The van der Waals surface area contributed by atoms with Gasteiger partial charge in [0.05, 0.1) is 11.0 Å². The zero-order valence-electron chi connectivity index (χ0n) is 13.4. The van der Waals surface area contributed by atoms with E-state index in [-0.39, 0.29) is 0 Å². The number of rotatable bonds is 4. The van der Waals surface area contributed by atoms with Gasteiger partial charge in [-0.25, -0.2) is 4.98 Å². The van der Waals surface area contributed by atoms with E-state index in [1.807, 2.05) is 36.4 Å². The number of aryl methyl sites for hydroxylation is 1. The molecule has 0 aliphatic carbocycles. The number of hydrogen-bond acceptors (Lipinski definition) is 2. The van der Waals surface area contributed by atoms with Gasteiger partial charge >= 0.3 is 0 Å². The van der Waals surface area contributed by atoms with Gasteiger partial charge in [-0.3, -0.25) is 0 Å². The molecule has 24 heavy (non-hydrogen) atoms. The van der Waals surface area contributed by atoms with Crippen LogP contribution in [0.4, 0.5) is 0 Å². The first-order valence-electron chi connectivity index (χ1n) is 8.01. The Bertz CT molecular complexity index is 1020. The zero-order valence-corrected chi connectivity index (χ0v) is 14.1. The minimum absolute atomic E-state index is 0.429. The average Bonchev–Trinajstić information content (AvgIpc) is 2.96. The molecule has 0 unspecified atom stereocenters. The summed E-state index contributed by atoms with van der Waals surface area (Å²) in [6.45, 7) is 3.35. The van der Waals surface area contributed by atoms with E-state index in [1.54, 1.807) is 0 Å². The van der Waals surface area contributed by atoms with Crippen molar-refractivity contribution in [2.45, 2.75) is 20.1 Å². The Labute approximate surface area is 145 Å². The Morgan fingerprint density at radius 1 is 1.00 bits per heavy atom. The van der Waals surface area contributed by atoms with Gasteiger partial charge in [0.1, 0.15) is 18.2 Å². The fourth-order valence-corrected chi connectivity index (χ4v) is 3.18. The monoisotopic (exact) mass is 336 g/mol. The van der Waals surface area contributed by atoms with E-state index in [9.17, 15) is 0 Å². The predicted octanol–water partition coefficient (Wildman–Crippen LogP) is 5.44. The van der Waals surface area contributed by atoms with Crippen LogP contribution in [0, 0.1) is 0 Å². The summed E-state index contributed by atoms with van der Waals surface area (Å²) >= 11 is 6.11. The fourth-order valence-electron chi connectivity index (χ4n) is 3.01. The molecule has 3 nitrogen and oxygen atoms in total. The van der Waals surface area contributed by atoms with Crippen molar-refractivity contribution < 1.29 is 4.74 Å². The third kappa shape index (κ3) is 2.72. The number of benzene rings is 3. The number of hydrogen-bond donors (Lipinski definition) is 0. The topological polar surface area (TPSA) is 27.1 Å². The summed E-state index contributed by atoms with van der Waals surface area (Å²) in [7, 11) is 0. The highest BCUT2D eigenvalue weighted by Gasteiger charge is 2.10. The van der Waals surface area contributed by atoms with Crippen molar-refractivity contribution in [3.8, 4) is 5.75 Å². The molecular formula is C20H17ClN2O. The molecule has 1 heterocycles. The van der Waals surface area contributed by atoms with Crippen molar-refractivity contribution in [1.29, 1.82) is 0 Å². The van der Waals surface area contributed by atoms with Gasteiger partial charge in [-0.15, -0.1) is 0 Å². The van der Waals surface area contributed by atoms with Crippen LogP contribution >= 0.6 is 11.6 Å². The Morgan fingerprint density at radius 2 is 1.83 bits per heavy atom. The summed E-state index contributed by atoms with van der Waals surface area (Å²) in [5, 5.41) is 3.10. The number of halogens is 1. The molecule has 0 aliphatic rings. The molecule has 0 amide bonds. The van der Waals surface area contributed by atoms with E-state index in [1.165, 1.54) is 10.8 Å². The summed E-state index contributed by atoms with van der Waals surface area (Å²) in [6, 6.07) is 20.2. The maximum atomic E-state index is 6.11. The number of imidazole rings is 1. The molecule has 0 aliphatic heterocycles. The maximum absolute atomic E-state index is 6.11. The second-order valence-electron chi connectivity index (χ2n) is 5.70. The summed E-state index contributed by atoms with van der Waals surface area (Å²) in [4.78, 5) is 4.68. The molecular weight excluding hydrogens is 320 g/mol. The van der Waals surface area contributed by atoms with Crippen LogP contribution in [0.25, 0.3) is 21.8 Å². The summed E-state index contributed by atoms with van der Waals surface area (Å²) in [6.07, 6.45) is 0. The van der Waals surface area contributed by atoms with Crippen LogP contribution in [-0.4, -0.2) is 9.55 Å². The minimum atomic E-state index is 0.429. The van der Waals surface area contributed by atoms with Crippen LogP contribution in [0.2, 0.25) is 5.02 Å². The third-order valence-corrected chi connectivity index (χ3v) is 4.43. The molecule has 4 rings (SSSR count). The van der Waals surface area contributed by atoms with E-state index in [2.05, 4.69) is 40.7 Å². The van der Waals surface area contributed by atoms with Gasteiger partial charge in [0.25, 0.3) is 0 Å². The van der Waals surface area contributed by atoms with E-state index in [0.717, 1.165) is 34.2 Å². The van der Waals surface area contributed by atoms with E-state index in [0.29, 0.717) is 6.61 Å². The lowest BCUT2D eigenvalue weighted by Gasteiger charge is -2.09. The first-order chi connectivity index (χ1) is 11.7. The number of nitrogens with zero attached hydrogens (tertiary/aromatic N) is 2. The van der Waals surface area contributed by atoms with Crippen LogP contribution in [0.15, 0.2) is 60.7 Å². The first kappa shape index (κ1) is 15.0. The van der Waals surface area contributed by atoms with Crippen LogP contribution in [0.3, 0.4) is 0 Å². The number of fused-ring (bicyclic) bond motifs is 2. The van der Waals surface area contributed by atoms with Gasteiger partial charge in [-0.2, -0.15) is 0 Å². The van der Waals surface area contributed by atoms with Crippen molar-refractivity contribution >= 4 is 33.4 Å². The maximum Gasteiger partial charge on any atom is 0.147 e. The molecule has 3 aromatic carbocycles. The molecule has 0 radical (unpaired) electrons. The lowest BCUT2D eigenvalue weighted by atomic mass is 10.1. The normalized spacial score (nSPS) is 11.2. The Hall–Kier alpha value is -2.52. The highest BCUT2D eigenvalue weighted by molar-refractivity contribution is 6.31. The van der Waals surface area contributed by atoms with Crippen molar-refractivity contribution in [1.82, 2.24) is 9.55 Å². The van der Waals surface area contributed by atoms with Crippen molar-refractivity contribution in [3.63, 3.8) is 0 Å². The lowest BCUT2D eigenvalue weighted by Crippen LogP contribution is -2.06. The lowest BCUT2D eigenvalue weighted by molar-refractivity contribution is 0.291. The highest BCUT2D eigenvalue weighted by Crippen LogP contribution is 2.24. The quantitative estimate of drug-likeness (QED) is 0.496. The molecule has 4 aromatic rings. The summed E-state index contributed by atoms with van der Waals surface area (Å²) in [5.41, 5.74) is 1.99. The molecule has 120 valence electrons. The number of ether oxygens (including phenoxy) is 1. The molecule has 0 N–H and O–H groups in total. The molecule has 0 saturated carbocycles. The van der Waals surface area contributed by atoms with Crippen LogP contribution in [0.5, 0.6) is 5.75 Å². The largest absolute Gasteiger partial charge is 0.486 e. The summed E-state index contributed by atoms with van der Waals surface area (Å²) in [5.74, 6) is 1.75. The standard InChI is InChI=1S/C20H17ClN2O/c1-2-23-19-12-16(21)8-10-18(19)22-20(23)13-24-17-9-7-14-5-3-4-6-15(14)11-17/h3-12H,2,13H2,1H3. The van der Waals surface area contributed by atoms with Gasteiger partial charge < -0.3 is 9.30 Å². The molecule has 0 fully saturated rings. The fraction of sp³-hybridized carbons (Fsp3) is 0.150. The highest BCUT2D eigenvalue weighted by atomic mass is 35.5. The molecule has 4 heteroatoms. The van der Waals surface area contributed by atoms with Crippen LogP contribution in [0.1, 0.15) is 12.7 Å². The zero-order chi connectivity index (χ0) is 16.5. The molecule has 0 spiro atoms. The second-order valence-corrected chi connectivity index (χ2v) is 6.14. The van der Waals surface area contributed by atoms with E-state index < -0.39 is 0 Å². The smallest absolute Gasteiger partial charge is 0.147 e. The third-order valence-electron chi connectivity index (χ3n) is 4.19. The molecule has 1 aromatic heterocycles. The van der Waals surface area contributed by atoms with Crippen molar-refractivity contribution in [2.24, 2.45) is 0 Å².